The van der Waals surface area contributed by atoms with Crippen molar-refractivity contribution in [2.45, 2.75) is 4.90 Å². The van der Waals surface area contributed by atoms with Crippen LogP contribution in [0.1, 0.15) is 0 Å². The standard InChI is InChI=1S/C10H9BrO2S/c11-8-3-5-9(6-4-8)14-7-1-2-10(12)13/h1-6H,7H2,(H,12,13)/b2-1+. The third kappa shape index (κ3) is 4.48. The number of aliphatic carboxylic acids is 1. The van der Waals surface area contributed by atoms with Gasteiger partial charge in [0.15, 0.2) is 0 Å². The second-order valence-electron chi connectivity index (χ2n) is 2.51. The summed E-state index contributed by atoms with van der Waals surface area (Å²) in [5.74, 6) is -0.227. The Balaban J connectivity index is 2.39. The van der Waals surface area contributed by atoms with Crippen molar-refractivity contribution in [2.24, 2.45) is 0 Å². The summed E-state index contributed by atoms with van der Waals surface area (Å²) in [6.45, 7) is 0. The second kappa shape index (κ2) is 5.88. The first-order chi connectivity index (χ1) is 6.68. The van der Waals surface area contributed by atoms with E-state index in [1.165, 1.54) is 0 Å². The predicted octanol–water partition coefficient (Wildman–Crippen LogP) is 3.18. The molecule has 0 saturated carbocycles. The topological polar surface area (TPSA) is 37.3 Å². The van der Waals surface area contributed by atoms with E-state index in [1.54, 1.807) is 17.8 Å². The molecule has 1 aromatic carbocycles. The maximum absolute atomic E-state index is 10.2. The van der Waals surface area contributed by atoms with Gasteiger partial charge in [-0.15, -0.1) is 11.8 Å². The predicted molar refractivity (Wildman–Crippen MR) is 61.6 cm³/mol. The summed E-state index contributed by atoms with van der Waals surface area (Å²) in [5, 5.41) is 8.34. The van der Waals surface area contributed by atoms with Crippen molar-refractivity contribution in [3.8, 4) is 0 Å². The molecular weight excluding hydrogens is 264 g/mol. The van der Waals surface area contributed by atoms with Crippen LogP contribution in [0.3, 0.4) is 0 Å². The summed E-state index contributed by atoms with van der Waals surface area (Å²) >= 11 is 4.95. The molecule has 0 aliphatic heterocycles. The lowest BCUT2D eigenvalue weighted by Crippen LogP contribution is -1.86. The highest BCUT2D eigenvalue weighted by atomic mass is 79.9. The SMILES string of the molecule is O=C(O)/C=C/CSc1ccc(Br)cc1. The molecule has 0 radical (unpaired) electrons. The van der Waals surface area contributed by atoms with Crippen LogP contribution < -0.4 is 0 Å². The molecule has 14 heavy (non-hydrogen) atoms. The summed E-state index contributed by atoms with van der Waals surface area (Å²) in [4.78, 5) is 11.3. The maximum atomic E-state index is 10.2. The lowest BCUT2D eigenvalue weighted by atomic mass is 10.4. The second-order valence-corrected chi connectivity index (χ2v) is 4.51. The Hall–Kier alpha value is -0.740. The molecular formula is C10H9BrO2S. The minimum Gasteiger partial charge on any atom is -0.478 e. The van der Waals surface area contributed by atoms with Gasteiger partial charge in [-0.3, -0.25) is 0 Å². The van der Waals surface area contributed by atoms with Gasteiger partial charge in [-0.25, -0.2) is 4.79 Å². The van der Waals surface area contributed by atoms with E-state index >= 15 is 0 Å². The summed E-state index contributed by atoms with van der Waals surface area (Å²) in [6.07, 6.45) is 2.79. The lowest BCUT2D eigenvalue weighted by Gasteiger charge is -1.97. The van der Waals surface area contributed by atoms with E-state index in [4.69, 9.17) is 5.11 Å². The number of carboxylic acid groups (broad SMARTS) is 1. The summed E-state index contributed by atoms with van der Waals surface area (Å²) in [6, 6.07) is 7.90. The Kier molecular flexibility index (Phi) is 4.76. The van der Waals surface area contributed by atoms with Crippen LogP contribution in [0.4, 0.5) is 0 Å². The first kappa shape index (κ1) is 11.3. The van der Waals surface area contributed by atoms with E-state index in [9.17, 15) is 4.79 Å². The molecule has 0 atom stereocenters. The monoisotopic (exact) mass is 272 g/mol. The molecule has 0 aromatic heterocycles. The third-order valence-electron chi connectivity index (χ3n) is 1.42. The zero-order valence-electron chi connectivity index (χ0n) is 7.31. The van der Waals surface area contributed by atoms with Gasteiger partial charge in [0.25, 0.3) is 0 Å². The highest BCUT2D eigenvalue weighted by molar-refractivity contribution is 9.10. The van der Waals surface area contributed by atoms with Gasteiger partial charge >= 0.3 is 5.97 Å². The fourth-order valence-electron chi connectivity index (χ4n) is 0.824. The Morgan fingerprint density at radius 1 is 1.43 bits per heavy atom. The Morgan fingerprint density at radius 3 is 2.64 bits per heavy atom. The summed E-state index contributed by atoms with van der Waals surface area (Å²) in [5.41, 5.74) is 0. The van der Waals surface area contributed by atoms with Gasteiger partial charge in [-0.1, -0.05) is 22.0 Å². The van der Waals surface area contributed by atoms with E-state index in [0.717, 1.165) is 15.4 Å². The van der Waals surface area contributed by atoms with Crippen LogP contribution in [0.5, 0.6) is 0 Å². The minimum absolute atomic E-state index is 0.675. The van der Waals surface area contributed by atoms with Gasteiger partial charge in [0.05, 0.1) is 0 Å². The fraction of sp³-hybridized carbons (Fsp3) is 0.100. The van der Waals surface area contributed by atoms with Gasteiger partial charge in [-0.05, 0) is 24.3 Å². The van der Waals surface area contributed by atoms with Crippen LogP contribution in [0.2, 0.25) is 0 Å². The molecule has 0 fully saturated rings. The molecule has 0 unspecified atom stereocenters. The number of thioether (sulfide) groups is 1. The largest absolute Gasteiger partial charge is 0.478 e. The summed E-state index contributed by atoms with van der Waals surface area (Å²) < 4.78 is 1.04. The molecule has 0 saturated heterocycles. The molecule has 1 aromatic rings. The molecule has 1 N–H and O–H groups in total. The third-order valence-corrected chi connectivity index (χ3v) is 2.91. The lowest BCUT2D eigenvalue weighted by molar-refractivity contribution is -0.131. The van der Waals surface area contributed by atoms with Crippen LogP contribution in [-0.2, 0) is 4.79 Å². The van der Waals surface area contributed by atoms with E-state index in [1.807, 2.05) is 24.3 Å². The molecule has 0 spiro atoms. The average Bonchev–Trinajstić information content (AvgIpc) is 2.15. The van der Waals surface area contributed by atoms with E-state index in [-0.39, 0.29) is 0 Å². The molecule has 0 aliphatic rings. The smallest absolute Gasteiger partial charge is 0.328 e. The fourth-order valence-corrected chi connectivity index (χ4v) is 1.80. The Morgan fingerprint density at radius 2 is 2.07 bits per heavy atom. The number of hydrogen-bond acceptors (Lipinski definition) is 2. The zero-order chi connectivity index (χ0) is 10.4. The van der Waals surface area contributed by atoms with Crippen LogP contribution >= 0.6 is 27.7 Å². The van der Waals surface area contributed by atoms with Crippen molar-refractivity contribution in [3.05, 3.63) is 40.9 Å². The number of halogens is 1. The quantitative estimate of drug-likeness (QED) is 0.676. The first-order valence-electron chi connectivity index (χ1n) is 3.96. The molecule has 2 nitrogen and oxygen atoms in total. The van der Waals surface area contributed by atoms with Gasteiger partial charge in [0, 0.05) is 21.2 Å². The normalized spacial score (nSPS) is 10.6. The molecule has 4 heteroatoms. The van der Waals surface area contributed by atoms with E-state index in [0.29, 0.717) is 5.75 Å². The van der Waals surface area contributed by atoms with Crippen molar-refractivity contribution in [3.63, 3.8) is 0 Å². The summed E-state index contributed by atoms with van der Waals surface area (Å²) in [7, 11) is 0. The zero-order valence-corrected chi connectivity index (χ0v) is 9.72. The Labute approximate surface area is 95.1 Å². The van der Waals surface area contributed by atoms with Crippen LogP contribution in [0.15, 0.2) is 45.8 Å². The highest BCUT2D eigenvalue weighted by Gasteiger charge is 1.92. The van der Waals surface area contributed by atoms with Crippen LogP contribution in [0, 0.1) is 0 Å². The average molecular weight is 273 g/mol. The molecule has 0 amide bonds. The van der Waals surface area contributed by atoms with E-state index in [2.05, 4.69) is 15.9 Å². The number of carboxylic acids is 1. The highest BCUT2D eigenvalue weighted by Crippen LogP contribution is 2.20. The molecule has 0 heterocycles. The maximum Gasteiger partial charge on any atom is 0.328 e. The van der Waals surface area contributed by atoms with Crippen molar-refractivity contribution in [1.29, 1.82) is 0 Å². The van der Waals surface area contributed by atoms with Gasteiger partial charge in [0.2, 0.25) is 0 Å². The number of rotatable bonds is 4. The van der Waals surface area contributed by atoms with E-state index < -0.39 is 5.97 Å². The molecule has 74 valence electrons. The van der Waals surface area contributed by atoms with Crippen LogP contribution in [-0.4, -0.2) is 16.8 Å². The van der Waals surface area contributed by atoms with Gasteiger partial charge < -0.3 is 5.11 Å². The number of benzene rings is 1. The number of carbonyl (C=O) groups is 1. The van der Waals surface area contributed by atoms with Crippen molar-refractivity contribution < 1.29 is 9.90 Å². The van der Waals surface area contributed by atoms with Crippen LogP contribution in [0.25, 0.3) is 0 Å². The minimum atomic E-state index is -0.901. The van der Waals surface area contributed by atoms with Crippen molar-refractivity contribution >= 4 is 33.7 Å². The molecule has 0 bridgehead atoms. The van der Waals surface area contributed by atoms with Gasteiger partial charge in [0.1, 0.15) is 0 Å². The van der Waals surface area contributed by atoms with Crippen molar-refractivity contribution in [2.75, 3.05) is 5.75 Å². The number of hydrogen-bond donors (Lipinski definition) is 1. The first-order valence-corrected chi connectivity index (χ1v) is 5.74. The molecule has 0 aliphatic carbocycles. The van der Waals surface area contributed by atoms with Crippen molar-refractivity contribution in [1.82, 2.24) is 0 Å². The Bertz CT molecular complexity index is 332. The van der Waals surface area contributed by atoms with Gasteiger partial charge in [-0.2, -0.15) is 0 Å². The molecule has 1 rings (SSSR count).